The van der Waals surface area contributed by atoms with Crippen molar-refractivity contribution in [2.24, 2.45) is 5.92 Å². The predicted octanol–water partition coefficient (Wildman–Crippen LogP) is 1.67. The Morgan fingerprint density at radius 3 is 3.19 bits per heavy atom. The molecular weight excluding hydrogens is 288 g/mol. The third-order valence-electron chi connectivity index (χ3n) is 3.72. The maximum Gasteiger partial charge on any atom is 0.246 e. The van der Waals surface area contributed by atoms with E-state index in [1.165, 1.54) is 19.4 Å². The molecular formula is C14H24N4O2S. The fourth-order valence-electron chi connectivity index (χ4n) is 2.66. The van der Waals surface area contributed by atoms with Crippen molar-refractivity contribution in [1.82, 2.24) is 20.4 Å². The highest BCUT2D eigenvalue weighted by molar-refractivity contribution is 7.97. The van der Waals surface area contributed by atoms with E-state index < -0.39 is 0 Å². The summed E-state index contributed by atoms with van der Waals surface area (Å²) in [6.45, 7) is 2.61. The van der Waals surface area contributed by atoms with Crippen molar-refractivity contribution in [3.8, 4) is 0 Å². The first-order valence-corrected chi connectivity index (χ1v) is 8.82. The Morgan fingerprint density at radius 1 is 1.57 bits per heavy atom. The average molecular weight is 312 g/mol. The highest BCUT2D eigenvalue weighted by Gasteiger charge is 2.18. The molecule has 21 heavy (non-hydrogen) atoms. The number of piperidine rings is 1. The molecule has 1 fully saturated rings. The van der Waals surface area contributed by atoms with Gasteiger partial charge >= 0.3 is 0 Å². The smallest absolute Gasteiger partial charge is 0.246 e. The van der Waals surface area contributed by atoms with E-state index in [2.05, 4.69) is 27.4 Å². The predicted molar refractivity (Wildman–Crippen MR) is 82.8 cm³/mol. The van der Waals surface area contributed by atoms with E-state index in [0.717, 1.165) is 18.7 Å². The summed E-state index contributed by atoms with van der Waals surface area (Å²) in [4.78, 5) is 18.4. The van der Waals surface area contributed by atoms with E-state index >= 15 is 0 Å². The zero-order valence-electron chi connectivity index (χ0n) is 12.8. The minimum atomic E-state index is 0.0628. The number of thioether (sulfide) groups is 1. The zero-order chi connectivity index (χ0) is 15.1. The minimum Gasteiger partial charge on any atom is -0.347 e. The van der Waals surface area contributed by atoms with E-state index in [0.29, 0.717) is 30.6 Å². The van der Waals surface area contributed by atoms with Crippen LogP contribution in [0.1, 0.15) is 37.4 Å². The molecule has 7 heteroatoms. The molecule has 1 atom stereocenters. The fraction of sp³-hybridized carbons (Fsp3) is 0.786. The van der Waals surface area contributed by atoms with Crippen molar-refractivity contribution in [3.05, 3.63) is 11.7 Å². The second-order valence-corrected chi connectivity index (χ2v) is 6.49. The van der Waals surface area contributed by atoms with Crippen molar-refractivity contribution < 1.29 is 9.32 Å². The van der Waals surface area contributed by atoms with Gasteiger partial charge in [0.1, 0.15) is 0 Å². The number of aromatic nitrogens is 2. The van der Waals surface area contributed by atoms with Crippen LogP contribution in [0.4, 0.5) is 0 Å². The summed E-state index contributed by atoms with van der Waals surface area (Å²) in [5.74, 6) is 2.59. The molecule has 1 aliphatic rings. The Bertz CT molecular complexity index is 452. The number of rotatable bonds is 7. The number of carbonyl (C=O) groups is 1. The first-order valence-electron chi connectivity index (χ1n) is 7.43. The van der Waals surface area contributed by atoms with Gasteiger partial charge in [-0.2, -0.15) is 16.7 Å². The minimum absolute atomic E-state index is 0.0628. The number of nitrogens with zero attached hydrogens (tertiary/aromatic N) is 3. The van der Waals surface area contributed by atoms with Gasteiger partial charge in [-0.25, -0.2) is 0 Å². The molecule has 6 nitrogen and oxygen atoms in total. The summed E-state index contributed by atoms with van der Waals surface area (Å²) in [7, 11) is 2.15. The van der Waals surface area contributed by atoms with Gasteiger partial charge in [0.25, 0.3) is 0 Å². The molecule has 0 bridgehead atoms. The lowest BCUT2D eigenvalue weighted by molar-refractivity contribution is -0.121. The lowest BCUT2D eigenvalue weighted by Crippen LogP contribution is -2.33. The summed E-state index contributed by atoms with van der Waals surface area (Å²) in [6.07, 6.45) is 5.99. The topological polar surface area (TPSA) is 71.3 Å². The highest BCUT2D eigenvalue weighted by atomic mass is 32.2. The Hall–Kier alpha value is -1.08. The van der Waals surface area contributed by atoms with E-state index in [4.69, 9.17) is 4.52 Å². The fourth-order valence-corrected chi connectivity index (χ4v) is 3.03. The SMILES string of the molecule is CSCc1noc(CNC(=O)CC[C@H]2CCCN(C)C2)n1. The van der Waals surface area contributed by atoms with Crippen LogP contribution in [0.2, 0.25) is 0 Å². The van der Waals surface area contributed by atoms with Crippen LogP contribution in [-0.2, 0) is 17.1 Å². The molecule has 0 saturated carbocycles. The van der Waals surface area contributed by atoms with Crippen molar-refractivity contribution in [2.45, 2.75) is 38.0 Å². The van der Waals surface area contributed by atoms with Gasteiger partial charge in [-0.3, -0.25) is 4.79 Å². The van der Waals surface area contributed by atoms with Crippen molar-refractivity contribution >= 4 is 17.7 Å². The number of carbonyl (C=O) groups excluding carboxylic acids is 1. The second-order valence-electron chi connectivity index (χ2n) is 5.62. The quantitative estimate of drug-likeness (QED) is 0.826. The van der Waals surface area contributed by atoms with Gasteiger partial charge in [0.2, 0.25) is 11.8 Å². The molecule has 2 rings (SSSR count). The number of hydrogen-bond acceptors (Lipinski definition) is 6. The lowest BCUT2D eigenvalue weighted by Gasteiger charge is -2.29. The maximum atomic E-state index is 11.9. The third kappa shape index (κ3) is 5.67. The molecule has 2 heterocycles. The van der Waals surface area contributed by atoms with Crippen molar-refractivity contribution in [2.75, 3.05) is 26.4 Å². The molecule has 0 radical (unpaired) electrons. The largest absolute Gasteiger partial charge is 0.347 e. The van der Waals surface area contributed by atoms with E-state index in [-0.39, 0.29) is 5.91 Å². The van der Waals surface area contributed by atoms with E-state index in [1.807, 2.05) is 6.26 Å². The number of hydrogen-bond donors (Lipinski definition) is 1. The van der Waals surface area contributed by atoms with Gasteiger partial charge in [0, 0.05) is 13.0 Å². The Balaban J connectivity index is 1.64. The van der Waals surface area contributed by atoms with E-state index in [1.54, 1.807) is 11.8 Å². The average Bonchev–Trinajstić information content (AvgIpc) is 2.91. The summed E-state index contributed by atoms with van der Waals surface area (Å²) < 4.78 is 5.08. The molecule has 1 aromatic rings. The molecule has 0 aliphatic carbocycles. The first kappa shape index (κ1) is 16.3. The molecule has 1 aromatic heterocycles. The van der Waals surface area contributed by atoms with Crippen LogP contribution < -0.4 is 5.32 Å². The maximum absolute atomic E-state index is 11.9. The van der Waals surface area contributed by atoms with Crippen LogP contribution in [0.3, 0.4) is 0 Å². The molecule has 0 aromatic carbocycles. The summed E-state index contributed by atoms with van der Waals surface area (Å²) in [5, 5.41) is 6.70. The third-order valence-corrected chi connectivity index (χ3v) is 4.27. The molecule has 0 spiro atoms. The zero-order valence-corrected chi connectivity index (χ0v) is 13.6. The van der Waals surface area contributed by atoms with Gasteiger partial charge in [-0.15, -0.1) is 0 Å². The monoisotopic (exact) mass is 312 g/mol. The first-order chi connectivity index (χ1) is 10.2. The van der Waals surface area contributed by atoms with Crippen LogP contribution in [0, 0.1) is 5.92 Å². The summed E-state index contributed by atoms with van der Waals surface area (Å²) in [5.41, 5.74) is 0. The Morgan fingerprint density at radius 2 is 2.43 bits per heavy atom. The van der Waals surface area contributed by atoms with Crippen LogP contribution in [-0.4, -0.2) is 47.3 Å². The molecule has 0 unspecified atom stereocenters. The summed E-state index contributed by atoms with van der Waals surface area (Å²) >= 11 is 1.64. The van der Waals surface area contributed by atoms with Gasteiger partial charge in [-0.1, -0.05) is 5.16 Å². The standard InChI is InChI=1S/C14H24N4O2S/c1-18-7-3-4-11(9-18)5-6-13(19)15-8-14-16-12(10-21-2)17-20-14/h11H,3-10H2,1-2H3,(H,15,19)/t11-/m1/s1. The van der Waals surface area contributed by atoms with Gasteiger partial charge < -0.3 is 14.7 Å². The normalized spacial score (nSPS) is 19.6. The molecule has 1 amide bonds. The van der Waals surface area contributed by atoms with Gasteiger partial charge in [0.15, 0.2) is 5.82 Å². The molecule has 1 saturated heterocycles. The van der Waals surface area contributed by atoms with Gasteiger partial charge in [0.05, 0.1) is 12.3 Å². The number of nitrogens with one attached hydrogen (secondary N) is 1. The van der Waals surface area contributed by atoms with Crippen molar-refractivity contribution in [3.63, 3.8) is 0 Å². The molecule has 118 valence electrons. The van der Waals surface area contributed by atoms with Crippen LogP contribution in [0.5, 0.6) is 0 Å². The van der Waals surface area contributed by atoms with E-state index in [9.17, 15) is 4.79 Å². The van der Waals surface area contributed by atoms with Crippen LogP contribution in [0.25, 0.3) is 0 Å². The highest BCUT2D eigenvalue weighted by Crippen LogP contribution is 2.19. The lowest BCUT2D eigenvalue weighted by atomic mass is 9.93. The Kier molecular flexibility index (Phi) is 6.50. The Labute approximate surface area is 130 Å². The number of amides is 1. The van der Waals surface area contributed by atoms with Crippen LogP contribution >= 0.6 is 11.8 Å². The van der Waals surface area contributed by atoms with Gasteiger partial charge in [-0.05, 0) is 45.0 Å². The molecule has 1 aliphatic heterocycles. The number of likely N-dealkylation sites (tertiary alicyclic amines) is 1. The second kappa shape index (κ2) is 8.38. The van der Waals surface area contributed by atoms with Crippen LogP contribution in [0.15, 0.2) is 4.52 Å². The summed E-state index contributed by atoms with van der Waals surface area (Å²) in [6, 6.07) is 0. The molecule has 1 N–H and O–H groups in total. The van der Waals surface area contributed by atoms with Crippen molar-refractivity contribution in [1.29, 1.82) is 0 Å².